The number of nitriles is 1. The van der Waals surface area contributed by atoms with Crippen molar-refractivity contribution in [1.82, 2.24) is 25.9 Å². The van der Waals surface area contributed by atoms with Crippen LogP contribution in [0.15, 0.2) is 66.8 Å². The first-order valence-electron chi connectivity index (χ1n) is 12.6. The number of nitrogens with zero attached hydrogens (tertiary/aromatic N) is 4. The van der Waals surface area contributed by atoms with Gasteiger partial charge in [0, 0.05) is 29.5 Å². The van der Waals surface area contributed by atoms with Crippen LogP contribution in [0, 0.1) is 28.9 Å². The van der Waals surface area contributed by atoms with Gasteiger partial charge in [-0.2, -0.15) is 9.65 Å². The summed E-state index contributed by atoms with van der Waals surface area (Å²) in [5.74, 6) is -2.78. The second-order valence-electron chi connectivity index (χ2n) is 9.94. The van der Waals surface area contributed by atoms with Crippen molar-refractivity contribution in [2.45, 2.75) is 24.5 Å². The highest BCUT2D eigenvalue weighted by Crippen LogP contribution is 2.38. The Morgan fingerprint density at radius 3 is 2.59 bits per heavy atom. The highest BCUT2D eigenvalue weighted by Gasteiger charge is 2.42. The van der Waals surface area contributed by atoms with E-state index in [4.69, 9.17) is 11.6 Å². The van der Waals surface area contributed by atoms with Crippen LogP contribution >= 0.6 is 11.6 Å². The summed E-state index contributed by atoms with van der Waals surface area (Å²) in [6, 6.07) is 11.8. The van der Waals surface area contributed by atoms with Crippen LogP contribution in [0.2, 0.25) is 5.02 Å². The summed E-state index contributed by atoms with van der Waals surface area (Å²) in [6.07, 6.45) is 5.70. The lowest BCUT2D eigenvalue weighted by molar-refractivity contribution is 0.0923. The number of aromatic nitrogens is 2. The van der Waals surface area contributed by atoms with Crippen molar-refractivity contribution >= 4 is 39.6 Å². The number of halogens is 4. The molecular formula is C28H22ClF3N8O. The number of hydrogen-bond acceptors (Lipinski definition) is 9. The van der Waals surface area contributed by atoms with Crippen LogP contribution in [-0.2, 0) is 0 Å². The first-order valence-corrected chi connectivity index (χ1v) is 12.9. The molecule has 13 heteroatoms. The van der Waals surface area contributed by atoms with Crippen molar-refractivity contribution in [3.63, 3.8) is 0 Å². The molecule has 0 unspecified atom stereocenters. The molecule has 1 aliphatic carbocycles. The minimum Gasteiger partial charge on any atom is -0.388 e. The summed E-state index contributed by atoms with van der Waals surface area (Å²) in [6.45, 7) is 0.387. The Labute approximate surface area is 237 Å². The van der Waals surface area contributed by atoms with Crippen LogP contribution in [-0.4, -0.2) is 32.2 Å². The van der Waals surface area contributed by atoms with Crippen LogP contribution in [0.4, 0.5) is 30.2 Å². The van der Waals surface area contributed by atoms with Gasteiger partial charge in [-0.25, -0.2) is 13.8 Å². The summed E-state index contributed by atoms with van der Waals surface area (Å²) in [5.41, 5.74) is 8.25. The van der Waals surface area contributed by atoms with E-state index in [-0.39, 0.29) is 27.8 Å². The lowest BCUT2D eigenvalue weighted by atomic mass is 10.0. The zero-order chi connectivity index (χ0) is 28.7. The van der Waals surface area contributed by atoms with Crippen molar-refractivity contribution < 1.29 is 18.3 Å². The normalized spacial score (nSPS) is 16.1. The van der Waals surface area contributed by atoms with Gasteiger partial charge >= 0.3 is 0 Å². The largest absolute Gasteiger partial charge is 0.388 e. The Bertz CT molecular complexity index is 1720. The van der Waals surface area contributed by atoms with Gasteiger partial charge in [0.05, 0.1) is 57.6 Å². The van der Waals surface area contributed by atoms with Crippen molar-refractivity contribution in [3.8, 4) is 6.07 Å². The van der Waals surface area contributed by atoms with Gasteiger partial charge in [0.15, 0.2) is 5.82 Å². The molecule has 6 rings (SSSR count). The van der Waals surface area contributed by atoms with E-state index in [0.717, 1.165) is 30.7 Å². The molecular weight excluding hydrogens is 557 g/mol. The van der Waals surface area contributed by atoms with Crippen molar-refractivity contribution in [2.24, 2.45) is 0 Å². The van der Waals surface area contributed by atoms with Crippen LogP contribution < -0.4 is 21.6 Å². The smallest absolute Gasteiger partial charge is 0.249 e. The van der Waals surface area contributed by atoms with E-state index in [9.17, 15) is 23.5 Å². The molecule has 3 heterocycles. The predicted octanol–water partition coefficient (Wildman–Crippen LogP) is 5.16. The Hall–Kier alpha value is -4.57. The second kappa shape index (κ2) is 10.4. The zero-order valence-electron chi connectivity index (χ0n) is 21.2. The van der Waals surface area contributed by atoms with Gasteiger partial charge in [0.1, 0.15) is 11.9 Å². The molecule has 1 aliphatic heterocycles. The van der Waals surface area contributed by atoms with Crippen molar-refractivity contribution in [1.29, 1.82) is 5.26 Å². The van der Waals surface area contributed by atoms with Gasteiger partial charge in [-0.3, -0.25) is 9.99 Å². The molecule has 0 radical (unpaired) electrons. The molecule has 9 nitrogen and oxygen atoms in total. The number of rotatable bonds is 8. The fourth-order valence-electron chi connectivity index (χ4n) is 4.58. The molecule has 0 spiro atoms. The first-order chi connectivity index (χ1) is 19.7. The van der Waals surface area contributed by atoms with Crippen molar-refractivity contribution in [2.75, 3.05) is 17.2 Å². The zero-order valence-corrected chi connectivity index (χ0v) is 22.0. The molecule has 1 fully saturated rings. The SMILES string of the molecule is N#Cc1cnc2c(Cl)cc(N[C@H](C3=CN(CC4(O)CC4)NN3)c3ccc(F)cc3)cc2c1Nc1cnc(F)c(F)c1. The second-order valence-corrected chi connectivity index (χ2v) is 10.3. The van der Waals surface area contributed by atoms with Gasteiger partial charge < -0.3 is 21.2 Å². The van der Waals surface area contributed by atoms with Gasteiger partial charge in [-0.15, -0.1) is 5.53 Å². The van der Waals surface area contributed by atoms with E-state index < -0.39 is 23.4 Å². The average molecular weight is 579 g/mol. The molecule has 4 aromatic rings. The lowest BCUT2D eigenvalue weighted by Crippen LogP contribution is -2.42. The standard InChI is InChI=1S/C28H22ClF3N8O/c29-21-8-18(7-20-24(16(10-33)11-34-26(20)21)37-19-9-22(31)27(32)35-12-19)36-25(15-1-3-17(30)4-2-15)23-13-40(39-38-23)14-28(41)5-6-28/h1-4,7-9,11-13,25,36,38-39,41H,5-6,14H2,(H,34,37)/t25-/m0/s1. The first kappa shape index (κ1) is 26.6. The molecule has 2 aromatic heterocycles. The molecule has 1 saturated carbocycles. The molecule has 2 aromatic carbocycles. The number of hydrazine groups is 2. The molecule has 0 bridgehead atoms. The Morgan fingerprint density at radius 2 is 1.88 bits per heavy atom. The highest BCUT2D eigenvalue weighted by atomic mass is 35.5. The summed E-state index contributed by atoms with van der Waals surface area (Å²) in [5, 5.41) is 28.9. The number of fused-ring (bicyclic) bond motifs is 1. The number of aliphatic hydroxyl groups is 1. The Morgan fingerprint density at radius 1 is 1.10 bits per heavy atom. The molecule has 0 amide bonds. The fourth-order valence-corrected chi connectivity index (χ4v) is 4.85. The molecule has 0 saturated heterocycles. The van der Waals surface area contributed by atoms with Gasteiger partial charge in [0.25, 0.3) is 0 Å². The van der Waals surface area contributed by atoms with E-state index in [1.54, 1.807) is 29.3 Å². The summed E-state index contributed by atoms with van der Waals surface area (Å²) in [4.78, 5) is 7.72. The van der Waals surface area contributed by atoms with Crippen molar-refractivity contribution in [3.05, 3.63) is 100 Å². The van der Waals surface area contributed by atoms with E-state index in [1.807, 2.05) is 6.20 Å². The quantitative estimate of drug-likeness (QED) is 0.181. The minimum absolute atomic E-state index is 0.121. The third-order valence-electron chi connectivity index (χ3n) is 6.87. The average Bonchev–Trinajstić information content (AvgIpc) is 3.50. The number of hydrogen-bond donors (Lipinski definition) is 5. The minimum atomic E-state index is -1.24. The Balaban J connectivity index is 1.39. The van der Waals surface area contributed by atoms with Gasteiger partial charge in [-0.1, -0.05) is 23.7 Å². The fraction of sp³-hybridized carbons (Fsp3) is 0.179. The van der Waals surface area contributed by atoms with Crippen LogP contribution in [0.5, 0.6) is 0 Å². The van der Waals surface area contributed by atoms with E-state index >= 15 is 0 Å². The lowest BCUT2D eigenvalue weighted by Gasteiger charge is -2.22. The van der Waals surface area contributed by atoms with Gasteiger partial charge in [-0.05, 0) is 42.7 Å². The third kappa shape index (κ3) is 5.55. The summed E-state index contributed by atoms with van der Waals surface area (Å²) < 4.78 is 41.0. The molecule has 41 heavy (non-hydrogen) atoms. The molecule has 1 atom stereocenters. The molecule has 5 N–H and O–H groups in total. The van der Waals surface area contributed by atoms with E-state index in [1.165, 1.54) is 18.3 Å². The van der Waals surface area contributed by atoms with Crippen LogP contribution in [0.1, 0.15) is 30.0 Å². The van der Waals surface area contributed by atoms with Gasteiger partial charge in [0.2, 0.25) is 5.95 Å². The van der Waals surface area contributed by atoms with E-state index in [0.29, 0.717) is 28.8 Å². The monoisotopic (exact) mass is 578 g/mol. The van der Waals surface area contributed by atoms with E-state index in [2.05, 4.69) is 37.6 Å². The highest BCUT2D eigenvalue weighted by molar-refractivity contribution is 6.36. The predicted molar refractivity (Wildman–Crippen MR) is 147 cm³/mol. The topological polar surface area (TPSA) is 121 Å². The number of pyridine rings is 2. The van der Waals surface area contributed by atoms with Crippen LogP contribution in [0.3, 0.4) is 0 Å². The molecule has 208 valence electrons. The number of benzene rings is 2. The molecule has 2 aliphatic rings. The maximum atomic E-state index is 13.9. The summed E-state index contributed by atoms with van der Waals surface area (Å²) >= 11 is 6.63. The number of anilines is 3. The maximum absolute atomic E-state index is 13.9. The maximum Gasteiger partial charge on any atom is 0.249 e. The Kier molecular flexibility index (Phi) is 6.78. The summed E-state index contributed by atoms with van der Waals surface area (Å²) in [7, 11) is 0. The number of nitrogens with one attached hydrogen (secondary N) is 4. The third-order valence-corrected chi connectivity index (χ3v) is 7.15. The van der Waals surface area contributed by atoms with Crippen LogP contribution in [0.25, 0.3) is 10.9 Å². The number of β-amino-alcohol motifs (C(OH)–C–C–N with tert-alkyl or cyclic N) is 1.